The Morgan fingerprint density at radius 3 is 2.52 bits per heavy atom. The van der Waals surface area contributed by atoms with Crippen molar-refractivity contribution in [2.24, 2.45) is 11.8 Å². The molecule has 0 radical (unpaired) electrons. The van der Waals surface area contributed by atoms with Gasteiger partial charge < -0.3 is 9.64 Å². The number of hydrogen-bond acceptors (Lipinski definition) is 3. The van der Waals surface area contributed by atoms with Crippen molar-refractivity contribution in [3.63, 3.8) is 0 Å². The zero-order chi connectivity index (χ0) is 15.8. The quantitative estimate of drug-likeness (QED) is 0.630. The maximum Gasteiger partial charge on any atom is 0.241 e. The van der Waals surface area contributed by atoms with Gasteiger partial charge in [-0.1, -0.05) is 47.5 Å². The summed E-state index contributed by atoms with van der Waals surface area (Å²) in [5.74, 6) is 1.30. The van der Waals surface area contributed by atoms with E-state index < -0.39 is 0 Å². The van der Waals surface area contributed by atoms with Crippen LogP contribution in [0.2, 0.25) is 0 Å². The summed E-state index contributed by atoms with van der Waals surface area (Å²) >= 11 is 0. The van der Waals surface area contributed by atoms with Crippen molar-refractivity contribution in [3.05, 3.63) is 0 Å². The van der Waals surface area contributed by atoms with E-state index in [1.54, 1.807) is 0 Å². The highest BCUT2D eigenvalue weighted by Gasteiger charge is 2.39. The second-order valence-electron chi connectivity index (χ2n) is 6.90. The van der Waals surface area contributed by atoms with E-state index >= 15 is 0 Å². The van der Waals surface area contributed by atoms with E-state index in [-0.39, 0.29) is 18.1 Å². The van der Waals surface area contributed by atoms with E-state index in [9.17, 15) is 4.79 Å². The minimum absolute atomic E-state index is 0.0222. The van der Waals surface area contributed by atoms with Crippen LogP contribution < -0.4 is 5.32 Å². The maximum atomic E-state index is 12.5. The molecule has 4 heteroatoms. The molecule has 1 N–H and O–H groups in total. The molecule has 2 atom stereocenters. The number of nitrogens with one attached hydrogen (secondary N) is 1. The Hall–Kier alpha value is -0.610. The van der Waals surface area contributed by atoms with Gasteiger partial charge in [-0.05, 0) is 24.7 Å². The standard InChI is InChI=1S/C17H34N2O2/c1-6-7-9-15-17(20)19(16(18-15)14(4)5)10-8-11-21-12-13(2)3/h13-16,18H,6-12H2,1-5H3. The number of carbonyl (C=O) groups is 1. The van der Waals surface area contributed by atoms with Crippen molar-refractivity contribution in [3.8, 4) is 0 Å². The van der Waals surface area contributed by atoms with E-state index in [0.29, 0.717) is 11.8 Å². The van der Waals surface area contributed by atoms with Crippen LogP contribution in [0.25, 0.3) is 0 Å². The normalized spacial score (nSPS) is 22.8. The van der Waals surface area contributed by atoms with Gasteiger partial charge in [-0.3, -0.25) is 10.1 Å². The first-order valence-corrected chi connectivity index (χ1v) is 8.61. The highest BCUT2D eigenvalue weighted by atomic mass is 16.5. The van der Waals surface area contributed by atoms with E-state index in [1.165, 1.54) is 0 Å². The summed E-state index contributed by atoms with van der Waals surface area (Å²) in [4.78, 5) is 14.6. The van der Waals surface area contributed by atoms with Gasteiger partial charge >= 0.3 is 0 Å². The third-order valence-electron chi connectivity index (χ3n) is 3.91. The van der Waals surface area contributed by atoms with Crippen LogP contribution in [0.5, 0.6) is 0 Å². The molecule has 0 aromatic heterocycles. The summed E-state index contributed by atoms with van der Waals surface area (Å²) in [6, 6.07) is 0.0222. The smallest absolute Gasteiger partial charge is 0.241 e. The maximum absolute atomic E-state index is 12.5. The van der Waals surface area contributed by atoms with Gasteiger partial charge in [0.15, 0.2) is 0 Å². The Balaban J connectivity index is 2.42. The van der Waals surface area contributed by atoms with E-state index in [2.05, 4.69) is 39.9 Å². The third-order valence-corrected chi connectivity index (χ3v) is 3.91. The van der Waals surface area contributed by atoms with E-state index in [1.807, 2.05) is 4.90 Å². The van der Waals surface area contributed by atoms with Gasteiger partial charge in [0, 0.05) is 19.8 Å². The summed E-state index contributed by atoms with van der Waals surface area (Å²) in [6.45, 7) is 13.2. The lowest BCUT2D eigenvalue weighted by Crippen LogP contribution is -2.42. The molecule has 1 rings (SSSR count). The van der Waals surface area contributed by atoms with E-state index in [0.717, 1.165) is 45.4 Å². The number of nitrogens with zero attached hydrogens (tertiary/aromatic N) is 1. The Labute approximate surface area is 130 Å². The first kappa shape index (κ1) is 18.4. The molecule has 4 nitrogen and oxygen atoms in total. The fourth-order valence-electron chi connectivity index (χ4n) is 2.78. The molecule has 1 aliphatic rings. The van der Waals surface area contributed by atoms with E-state index in [4.69, 9.17) is 4.74 Å². The van der Waals surface area contributed by atoms with Crippen LogP contribution in [0.3, 0.4) is 0 Å². The minimum Gasteiger partial charge on any atom is -0.381 e. The molecule has 124 valence electrons. The van der Waals surface area contributed by atoms with Crippen molar-refractivity contribution in [1.82, 2.24) is 10.2 Å². The van der Waals surface area contributed by atoms with Crippen molar-refractivity contribution in [1.29, 1.82) is 0 Å². The fraction of sp³-hybridized carbons (Fsp3) is 0.941. The first-order valence-electron chi connectivity index (χ1n) is 8.61. The molecule has 21 heavy (non-hydrogen) atoms. The Morgan fingerprint density at radius 2 is 1.95 bits per heavy atom. The number of ether oxygens (including phenoxy) is 1. The van der Waals surface area contributed by atoms with Crippen LogP contribution in [-0.4, -0.2) is 42.8 Å². The molecule has 0 spiro atoms. The molecule has 1 aliphatic heterocycles. The largest absolute Gasteiger partial charge is 0.381 e. The summed E-state index contributed by atoms with van der Waals surface area (Å²) in [5, 5.41) is 3.52. The van der Waals surface area contributed by atoms with Gasteiger partial charge in [0.2, 0.25) is 5.91 Å². The second kappa shape index (κ2) is 9.42. The molecule has 2 unspecified atom stereocenters. The van der Waals surface area contributed by atoms with Crippen LogP contribution >= 0.6 is 0 Å². The number of carbonyl (C=O) groups excluding carboxylic acids is 1. The number of rotatable bonds is 10. The first-order chi connectivity index (χ1) is 9.97. The molecule has 0 aliphatic carbocycles. The Bertz CT molecular complexity index is 305. The Kier molecular flexibility index (Phi) is 8.27. The molecule has 0 aromatic rings. The van der Waals surface area contributed by atoms with Gasteiger partial charge in [0.1, 0.15) is 0 Å². The number of hydrogen-bond donors (Lipinski definition) is 1. The van der Waals surface area contributed by atoms with Crippen LogP contribution in [0.15, 0.2) is 0 Å². The lowest BCUT2D eigenvalue weighted by molar-refractivity contribution is -0.130. The molecule has 0 aromatic carbocycles. The SMILES string of the molecule is CCCCC1NC(C(C)C)N(CCCOCC(C)C)C1=O. The topological polar surface area (TPSA) is 41.6 Å². The third kappa shape index (κ3) is 5.95. The second-order valence-corrected chi connectivity index (χ2v) is 6.90. The summed E-state index contributed by atoms with van der Waals surface area (Å²) in [7, 11) is 0. The van der Waals surface area contributed by atoms with Crippen molar-refractivity contribution in [2.75, 3.05) is 19.8 Å². The predicted molar refractivity (Wildman–Crippen MR) is 87.1 cm³/mol. The monoisotopic (exact) mass is 298 g/mol. The average Bonchev–Trinajstić information content (AvgIpc) is 2.73. The lowest BCUT2D eigenvalue weighted by atomic mass is 10.1. The minimum atomic E-state index is 0.0222. The molecule has 1 saturated heterocycles. The Morgan fingerprint density at radius 1 is 1.24 bits per heavy atom. The molecule has 1 amide bonds. The molecule has 1 heterocycles. The lowest BCUT2D eigenvalue weighted by Gasteiger charge is -2.27. The fourth-order valence-corrected chi connectivity index (χ4v) is 2.78. The van der Waals surface area contributed by atoms with Gasteiger partial charge in [0.25, 0.3) is 0 Å². The zero-order valence-corrected chi connectivity index (χ0v) is 14.5. The van der Waals surface area contributed by atoms with Crippen LogP contribution in [0.4, 0.5) is 0 Å². The van der Waals surface area contributed by atoms with Gasteiger partial charge in [0.05, 0.1) is 12.2 Å². The van der Waals surface area contributed by atoms with Crippen molar-refractivity contribution in [2.45, 2.75) is 72.5 Å². The molecule has 0 bridgehead atoms. The zero-order valence-electron chi connectivity index (χ0n) is 14.5. The summed E-state index contributed by atoms with van der Waals surface area (Å²) in [6.07, 6.45) is 4.31. The summed E-state index contributed by atoms with van der Waals surface area (Å²) < 4.78 is 5.62. The van der Waals surface area contributed by atoms with Crippen molar-refractivity contribution >= 4 is 5.91 Å². The van der Waals surface area contributed by atoms with Crippen molar-refractivity contribution < 1.29 is 9.53 Å². The molecular formula is C17H34N2O2. The predicted octanol–water partition coefficient (Wildman–Crippen LogP) is 3.02. The van der Waals surface area contributed by atoms with Gasteiger partial charge in [-0.2, -0.15) is 0 Å². The molecular weight excluding hydrogens is 264 g/mol. The van der Waals surface area contributed by atoms with Crippen LogP contribution in [0.1, 0.15) is 60.3 Å². The highest BCUT2D eigenvalue weighted by Crippen LogP contribution is 2.20. The van der Waals surface area contributed by atoms with Gasteiger partial charge in [-0.25, -0.2) is 0 Å². The molecule has 1 fully saturated rings. The average molecular weight is 298 g/mol. The summed E-state index contributed by atoms with van der Waals surface area (Å²) in [5.41, 5.74) is 0. The van der Waals surface area contributed by atoms with Gasteiger partial charge in [-0.15, -0.1) is 0 Å². The number of unbranched alkanes of at least 4 members (excludes halogenated alkanes) is 1. The molecule has 0 saturated carbocycles. The number of amides is 1. The van der Waals surface area contributed by atoms with Crippen LogP contribution in [-0.2, 0) is 9.53 Å². The highest BCUT2D eigenvalue weighted by molar-refractivity contribution is 5.84. The van der Waals surface area contributed by atoms with Crippen LogP contribution in [0, 0.1) is 11.8 Å².